The summed E-state index contributed by atoms with van der Waals surface area (Å²) in [5.74, 6) is 1.02. The number of H-pyrrole nitrogens is 1. The average molecular weight is 373 g/mol. The van der Waals surface area contributed by atoms with E-state index in [1.54, 1.807) is 36.4 Å². The number of nitrogens with one attached hydrogen (secondary N) is 1. The summed E-state index contributed by atoms with van der Waals surface area (Å²) in [6.07, 6.45) is 0. The zero-order valence-electron chi connectivity index (χ0n) is 14.2. The van der Waals surface area contributed by atoms with Crippen LogP contribution in [-0.4, -0.2) is 40.9 Å². The van der Waals surface area contributed by atoms with E-state index in [1.807, 2.05) is 0 Å². The van der Waals surface area contributed by atoms with Crippen molar-refractivity contribution >= 4 is 17.5 Å². The number of ether oxygens (including phenoxy) is 2. The van der Waals surface area contributed by atoms with Gasteiger partial charge in [0.1, 0.15) is 5.82 Å². The van der Waals surface area contributed by atoms with Crippen molar-refractivity contribution in [1.82, 2.24) is 15.2 Å². The first-order chi connectivity index (χ1) is 12.6. The molecule has 0 aliphatic rings. The van der Waals surface area contributed by atoms with Crippen LogP contribution >= 0.6 is 11.8 Å². The quantitative estimate of drug-likeness (QED) is 0.504. The molecule has 1 heterocycles. The Bertz CT molecular complexity index is 930. The Hall–Kier alpha value is -2.87. The number of benzene rings is 2. The molecule has 0 fully saturated rings. The summed E-state index contributed by atoms with van der Waals surface area (Å²) < 4.78 is 24.1. The van der Waals surface area contributed by atoms with Crippen molar-refractivity contribution in [2.45, 2.75) is 5.16 Å². The summed E-state index contributed by atoms with van der Waals surface area (Å²) in [5, 5.41) is 7.09. The molecule has 0 unspecified atom stereocenters. The molecule has 26 heavy (non-hydrogen) atoms. The number of Topliss-reactive ketones (excluding diaryl/α,β-unsaturated/α-hetero) is 1. The molecule has 0 radical (unpaired) electrons. The van der Waals surface area contributed by atoms with Crippen molar-refractivity contribution in [1.29, 1.82) is 0 Å². The summed E-state index contributed by atoms with van der Waals surface area (Å²) in [7, 11) is 3.05. The number of carbonyl (C=O) groups excluding carboxylic acids is 1. The molecule has 134 valence electrons. The third kappa shape index (κ3) is 3.85. The third-order valence-corrected chi connectivity index (χ3v) is 4.48. The van der Waals surface area contributed by atoms with Crippen LogP contribution < -0.4 is 9.47 Å². The fourth-order valence-corrected chi connectivity index (χ4v) is 3.00. The van der Waals surface area contributed by atoms with Crippen molar-refractivity contribution in [3.05, 3.63) is 53.8 Å². The highest BCUT2D eigenvalue weighted by Crippen LogP contribution is 2.28. The van der Waals surface area contributed by atoms with Gasteiger partial charge in [-0.15, -0.1) is 5.10 Å². The molecule has 8 heteroatoms. The van der Waals surface area contributed by atoms with Gasteiger partial charge in [-0.3, -0.25) is 9.89 Å². The predicted molar refractivity (Wildman–Crippen MR) is 96.4 cm³/mol. The van der Waals surface area contributed by atoms with E-state index in [9.17, 15) is 9.18 Å². The average Bonchev–Trinajstić information content (AvgIpc) is 3.14. The van der Waals surface area contributed by atoms with Crippen molar-refractivity contribution in [2.24, 2.45) is 0 Å². The van der Waals surface area contributed by atoms with Crippen molar-refractivity contribution in [2.75, 3.05) is 20.0 Å². The van der Waals surface area contributed by atoms with Gasteiger partial charge in [0.15, 0.2) is 23.1 Å². The largest absolute Gasteiger partial charge is 0.493 e. The Balaban J connectivity index is 1.68. The zero-order chi connectivity index (χ0) is 18.5. The van der Waals surface area contributed by atoms with Crippen LogP contribution in [0.2, 0.25) is 0 Å². The maximum absolute atomic E-state index is 13.8. The number of thioether (sulfide) groups is 1. The Labute approximate surface area is 153 Å². The number of carbonyl (C=O) groups is 1. The second-order valence-corrected chi connectivity index (χ2v) is 6.17. The molecule has 0 saturated carbocycles. The minimum atomic E-state index is -0.387. The number of ketones is 1. The number of rotatable bonds is 7. The second-order valence-electron chi connectivity index (χ2n) is 5.23. The molecule has 0 atom stereocenters. The van der Waals surface area contributed by atoms with Gasteiger partial charge in [-0.2, -0.15) is 0 Å². The molecule has 0 spiro atoms. The molecule has 0 aliphatic carbocycles. The number of aromatic amines is 1. The van der Waals surface area contributed by atoms with E-state index in [0.717, 1.165) is 0 Å². The first-order valence-corrected chi connectivity index (χ1v) is 8.66. The molecule has 3 rings (SSSR count). The molecule has 0 saturated heterocycles. The highest BCUT2D eigenvalue weighted by Gasteiger charge is 2.14. The molecule has 2 aromatic carbocycles. The molecule has 1 aromatic heterocycles. The van der Waals surface area contributed by atoms with E-state index >= 15 is 0 Å². The van der Waals surface area contributed by atoms with E-state index in [-0.39, 0.29) is 17.4 Å². The maximum atomic E-state index is 13.8. The van der Waals surface area contributed by atoms with Gasteiger partial charge in [0.2, 0.25) is 5.16 Å². The lowest BCUT2D eigenvalue weighted by molar-refractivity contribution is 0.102. The highest BCUT2D eigenvalue weighted by molar-refractivity contribution is 7.99. The van der Waals surface area contributed by atoms with Gasteiger partial charge < -0.3 is 9.47 Å². The summed E-state index contributed by atoms with van der Waals surface area (Å²) in [6, 6.07) is 11.3. The Kier molecular flexibility index (Phi) is 5.52. The highest BCUT2D eigenvalue weighted by atomic mass is 32.2. The van der Waals surface area contributed by atoms with Gasteiger partial charge in [-0.05, 0) is 30.3 Å². The standard InChI is InChI=1S/C18H16FN3O3S/c1-24-15-8-7-11(9-16(15)25-2)14(23)10-26-18-20-17(21-22-18)12-5-3-4-6-13(12)19/h3-9H,10H2,1-2H3,(H,20,21,22). The first-order valence-electron chi connectivity index (χ1n) is 7.67. The van der Waals surface area contributed by atoms with Crippen LogP contribution in [0.4, 0.5) is 4.39 Å². The van der Waals surface area contributed by atoms with Crippen LogP contribution in [0.25, 0.3) is 11.4 Å². The lowest BCUT2D eigenvalue weighted by Crippen LogP contribution is -2.03. The van der Waals surface area contributed by atoms with Gasteiger partial charge in [-0.25, -0.2) is 9.37 Å². The van der Waals surface area contributed by atoms with Crippen molar-refractivity contribution < 1.29 is 18.7 Å². The summed E-state index contributed by atoms with van der Waals surface area (Å²) in [6.45, 7) is 0. The second kappa shape index (κ2) is 8.01. The lowest BCUT2D eigenvalue weighted by Gasteiger charge is -2.08. The van der Waals surface area contributed by atoms with E-state index < -0.39 is 0 Å². The monoisotopic (exact) mass is 373 g/mol. The van der Waals surface area contributed by atoms with Gasteiger partial charge in [0.25, 0.3) is 0 Å². The summed E-state index contributed by atoms with van der Waals surface area (Å²) in [4.78, 5) is 16.6. The number of halogens is 1. The zero-order valence-corrected chi connectivity index (χ0v) is 15.0. The number of hydrogen-bond donors (Lipinski definition) is 1. The number of aromatic nitrogens is 3. The fourth-order valence-electron chi connectivity index (χ4n) is 2.31. The van der Waals surface area contributed by atoms with Gasteiger partial charge in [0, 0.05) is 5.56 Å². The van der Waals surface area contributed by atoms with Crippen molar-refractivity contribution in [3.8, 4) is 22.9 Å². The Morgan fingerprint density at radius 2 is 1.92 bits per heavy atom. The van der Waals surface area contributed by atoms with Gasteiger partial charge in [0.05, 0.1) is 25.5 Å². The Morgan fingerprint density at radius 1 is 1.15 bits per heavy atom. The van der Waals surface area contributed by atoms with E-state index in [1.165, 1.54) is 32.0 Å². The molecule has 0 bridgehead atoms. The summed E-state index contributed by atoms with van der Waals surface area (Å²) >= 11 is 1.17. The third-order valence-electron chi connectivity index (χ3n) is 3.63. The summed E-state index contributed by atoms with van der Waals surface area (Å²) in [5.41, 5.74) is 0.832. The number of nitrogens with zero attached hydrogens (tertiary/aromatic N) is 2. The van der Waals surface area contributed by atoms with Crippen LogP contribution in [0, 0.1) is 5.82 Å². The van der Waals surface area contributed by atoms with Crippen LogP contribution in [0.1, 0.15) is 10.4 Å². The fraction of sp³-hybridized carbons (Fsp3) is 0.167. The number of hydrogen-bond acceptors (Lipinski definition) is 6. The van der Waals surface area contributed by atoms with Gasteiger partial charge >= 0.3 is 0 Å². The molecule has 1 N–H and O–H groups in total. The van der Waals surface area contributed by atoms with E-state index in [0.29, 0.717) is 33.6 Å². The van der Waals surface area contributed by atoms with E-state index in [2.05, 4.69) is 15.2 Å². The SMILES string of the molecule is COc1ccc(C(=O)CSc2n[nH]c(-c3ccccc3F)n2)cc1OC. The van der Waals surface area contributed by atoms with Crippen LogP contribution in [0.15, 0.2) is 47.6 Å². The molecule has 3 aromatic rings. The van der Waals surface area contributed by atoms with Crippen molar-refractivity contribution in [3.63, 3.8) is 0 Å². The number of methoxy groups -OCH3 is 2. The maximum Gasteiger partial charge on any atom is 0.209 e. The normalized spacial score (nSPS) is 10.6. The van der Waals surface area contributed by atoms with Gasteiger partial charge in [-0.1, -0.05) is 23.9 Å². The minimum absolute atomic E-state index is 0.104. The van der Waals surface area contributed by atoms with Crippen LogP contribution in [0.5, 0.6) is 11.5 Å². The van der Waals surface area contributed by atoms with E-state index in [4.69, 9.17) is 9.47 Å². The molecule has 6 nitrogen and oxygen atoms in total. The Morgan fingerprint density at radius 3 is 2.65 bits per heavy atom. The van der Waals surface area contributed by atoms with Crippen LogP contribution in [-0.2, 0) is 0 Å². The molecule has 0 amide bonds. The lowest BCUT2D eigenvalue weighted by atomic mass is 10.1. The van der Waals surface area contributed by atoms with Crippen LogP contribution in [0.3, 0.4) is 0 Å². The molecule has 0 aliphatic heterocycles. The molecular formula is C18H16FN3O3S. The predicted octanol–water partition coefficient (Wildman–Crippen LogP) is 3.60. The minimum Gasteiger partial charge on any atom is -0.493 e. The first kappa shape index (κ1) is 17.9. The molecular weight excluding hydrogens is 357 g/mol. The smallest absolute Gasteiger partial charge is 0.209 e. The topological polar surface area (TPSA) is 77.1 Å².